The Morgan fingerprint density at radius 1 is 0.952 bits per heavy atom. The Labute approximate surface area is 118 Å². The van der Waals surface area contributed by atoms with Crippen molar-refractivity contribution in [2.75, 3.05) is 0 Å². The topological polar surface area (TPSA) is 75.0 Å². The number of fused-ring (bicyclic) bond motifs is 1. The highest BCUT2D eigenvalue weighted by atomic mass is 19.1. The molecule has 5 nitrogen and oxygen atoms in total. The largest absolute Gasteiger partial charge is 0.489 e. The molecule has 0 bridgehead atoms. The van der Waals surface area contributed by atoms with Gasteiger partial charge in [-0.05, 0) is 35.9 Å². The van der Waals surface area contributed by atoms with E-state index in [1.54, 1.807) is 18.2 Å². The molecule has 2 aromatic carbocycles. The van der Waals surface area contributed by atoms with Gasteiger partial charge < -0.3 is 4.74 Å². The Morgan fingerprint density at radius 3 is 2.48 bits per heavy atom. The number of H-pyrrole nitrogens is 2. The molecule has 0 atom stereocenters. The standard InChI is InChI=1S/C15H11FN2O3/c16-10-3-1-2-9(6-10)8-21-11-4-5-12-13(7-11)15(20)18-17-14(12)19/h1-7H,8H2,(H,17,19)(H,18,20). The van der Waals surface area contributed by atoms with Gasteiger partial charge in [0.25, 0.3) is 11.1 Å². The average molecular weight is 286 g/mol. The molecule has 0 aliphatic rings. The van der Waals surface area contributed by atoms with Gasteiger partial charge >= 0.3 is 0 Å². The second kappa shape index (κ2) is 5.24. The van der Waals surface area contributed by atoms with Crippen molar-refractivity contribution >= 4 is 10.8 Å². The minimum Gasteiger partial charge on any atom is -0.489 e. The summed E-state index contributed by atoms with van der Waals surface area (Å²) in [6.07, 6.45) is 0. The van der Waals surface area contributed by atoms with Gasteiger partial charge in [0.05, 0.1) is 10.8 Å². The molecule has 1 heterocycles. The van der Waals surface area contributed by atoms with Crippen molar-refractivity contribution < 1.29 is 9.13 Å². The normalized spacial score (nSPS) is 10.7. The molecule has 1 aromatic heterocycles. The first-order chi connectivity index (χ1) is 10.1. The number of ether oxygens (including phenoxy) is 1. The third kappa shape index (κ3) is 2.69. The van der Waals surface area contributed by atoms with Crippen molar-refractivity contribution in [3.05, 3.63) is 74.6 Å². The average Bonchev–Trinajstić information content (AvgIpc) is 2.49. The van der Waals surface area contributed by atoms with Gasteiger partial charge in [-0.1, -0.05) is 12.1 Å². The van der Waals surface area contributed by atoms with E-state index in [9.17, 15) is 14.0 Å². The first-order valence-electron chi connectivity index (χ1n) is 6.25. The fourth-order valence-electron chi connectivity index (χ4n) is 2.04. The fraction of sp³-hybridized carbons (Fsp3) is 0.0667. The maximum absolute atomic E-state index is 13.1. The summed E-state index contributed by atoms with van der Waals surface area (Å²) in [7, 11) is 0. The van der Waals surface area contributed by atoms with Crippen molar-refractivity contribution in [2.45, 2.75) is 6.61 Å². The van der Waals surface area contributed by atoms with Gasteiger partial charge in [-0.15, -0.1) is 0 Å². The number of aromatic amines is 2. The number of rotatable bonds is 3. The van der Waals surface area contributed by atoms with Crippen LogP contribution in [0.3, 0.4) is 0 Å². The summed E-state index contributed by atoms with van der Waals surface area (Å²) in [5, 5.41) is 5.04. The van der Waals surface area contributed by atoms with Gasteiger partial charge in [0, 0.05) is 0 Å². The van der Waals surface area contributed by atoms with Crippen LogP contribution in [0.15, 0.2) is 52.1 Å². The molecule has 3 rings (SSSR count). The van der Waals surface area contributed by atoms with Crippen LogP contribution in [0.25, 0.3) is 10.8 Å². The summed E-state index contributed by atoms with van der Waals surface area (Å²) >= 11 is 0. The van der Waals surface area contributed by atoms with Gasteiger partial charge in [0.15, 0.2) is 0 Å². The molecule has 106 valence electrons. The molecule has 0 spiro atoms. The lowest BCUT2D eigenvalue weighted by molar-refractivity contribution is 0.306. The molecule has 0 fully saturated rings. The van der Waals surface area contributed by atoms with Crippen LogP contribution >= 0.6 is 0 Å². The van der Waals surface area contributed by atoms with Crippen molar-refractivity contribution in [3.8, 4) is 5.75 Å². The van der Waals surface area contributed by atoms with Gasteiger partial charge in [-0.2, -0.15) is 0 Å². The molecular formula is C15H11FN2O3. The van der Waals surface area contributed by atoms with Crippen molar-refractivity contribution in [2.24, 2.45) is 0 Å². The maximum Gasteiger partial charge on any atom is 0.270 e. The van der Waals surface area contributed by atoms with E-state index in [1.165, 1.54) is 24.3 Å². The predicted octanol–water partition coefficient (Wildman–Crippen LogP) is 1.93. The highest BCUT2D eigenvalue weighted by molar-refractivity contribution is 5.81. The van der Waals surface area contributed by atoms with Crippen molar-refractivity contribution in [1.82, 2.24) is 10.2 Å². The van der Waals surface area contributed by atoms with Gasteiger partial charge in [0.2, 0.25) is 0 Å². The van der Waals surface area contributed by atoms with Crippen LogP contribution in [0, 0.1) is 5.82 Å². The van der Waals surface area contributed by atoms with Crippen LogP contribution < -0.4 is 15.9 Å². The third-order valence-corrected chi connectivity index (χ3v) is 3.06. The zero-order valence-corrected chi connectivity index (χ0v) is 10.9. The van der Waals surface area contributed by atoms with E-state index in [2.05, 4.69) is 10.2 Å². The molecule has 0 amide bonds. The molecule has 0 aliphatic heterocycles. The molecule has 0 radical (unpaired) electrons. The maximum atomic E-state index is 13.1. The molecule has 21 heavy (non-hydrogen) atoms. The summed E-state index contributed by atoms with van der Waals surface area (Å²) in [5.41, 5.74) is -0.1000. The van der Waals surface area contributed by atoms with E-state index in [1.807, 2.05) is 0 Å². The molecule has 0 saturated heterocycles. The van der Waals surface area contributed by atoms with E-state index in [-0.39, 0.29) is 28.8 Å². The van der Waals surface area contributed by atoms with Gasteiger partial charge in [0.1, 0.15) is 18.2 Å². The first-order valence-corrected chi connectivity index (χ1v) is 6.25. The molecular weight excluding hydrogens is 275 g/mol. The fourth-order valence-corrected chi connectivity index (χ4v) is 2.04. The number of benzene rings is 2. The van der Waals surface area contributed by atoms with E-state index < -0.39 is 5.56 Å². The number of nitrogens with one attached hydrogen (secondary N) is 2. The van der Waals surface area contributed by atoms with Crippen LogP contribution in [0.2, 0.25) is 0 Å². The highest BCUT2D eigenvalue weighted by Gasteiger charge is 2.05. The Balaban J connectivity index is 1.90. The zero-order chi connectivity index (χ0) is 14.8. The molecule has 6 heteroatoms. The van der Waals surface area contributed by atoms with Crippen LogP contribution in [-0.4, -0.2) is 10.2 Å². The van der Waals surface area contributed by atoms with Crippen molar-refractivity contribution in [1.29, 1.82) is 0 Å². The van der Waals surface area contributed by atoms with Crippen LogP contribution in [0.4, 0.5) is 4.39 Å². The van der Waals surface area contributed by atoms with E-state index in [4.69, 9.17) is 4.74 Å². The second-order valence-corrected chi connectivity index (χ2v) is 4.53. The van der Waals surface area contributed by atoms with E-state index in [0.717, 1.165) is 0 Å². The Kier molecular flexibility index (Phi) is 3.27. The Bertz CT molecular complexity index is 914. The lowest BCUT2D eigenvalue weighted by atomic mass is 10.2. The third-order valence-electron chi connectivity index (χ3n) is 3.06. The molecule has 0 unspecified atom stereocenters. The number of hydrogen-bond donors (Lipinski definition) is 2. The van der Waals surface area contributed by atoms with E-state index in [0.29, 0.717) is 11.3 Å². The SMILES string of the molecule is O=c1[nH][nH]c(=O)c2cc(OCc3cccc(F)c3)ccc12. The zero-order valence-electron chi connectivity index (χ0n) is 10.9. The first kappa shape index (κ1) is 13.1. The minimum absolute atomic E-state index is 0.171. The summed E-state index contributed by atoms with van der Waals surface area (Å²) < 4.78 is 18.6. The lowest BCUT2D eigenvalue weighted by Gasteiger charge is -2.07. The number of aromatic nitrogens is 2. The highest BCUT2D eigenvalue weighted by Crippen LogP contribution is 2.17. The minimum atomic E-state index is -0.402. The van der Waals surface area contributed by atoms with Crippen LogP contribution in [-0.2, 0) is 6.61 Å². The monoisotopic (exact) mass is 286 g/mol. The second-order valence-electron chi connectivity index (χ2n) is 4.53. The predicted molar refractivity (Wildman–Crippen MR) is 75.9 cm³/mol. The Hall–Kier alpha value is -2.89. The molecule has 0 aliphatic carbocycles. The van der Waals surface area contributed by atoms with E-state index >= 15 is 0 Å². The van der Waals surface area contributed by atoms with Crippen molar-refractivity contribution in [3.63, 3.8) is 0 Å². The molecule has 2 N–H and O–H groups in total. The summed E-state index contributed by atoms with van der Waals surface area (Å²) in [6.45, 7) is 0.171. The summed E-state index contributed by atoms with van der Waals surface area (Å²) in [5.74, 6) is 0.0976. The number of halogens is 1. The quantitative estimate of drug-likeness (QED) is 0.772. The van der Waals surface area contributed by atoms with Gasteiger partial charge in [-0.3, -0.25) is 19.8 Å². The summed E-state index contributed by atoms with van der Waals surface area (Å²) in [6, 6.07) is 10.7. The van der Waals surface area contributed by atoms with Crippen LogP contribution in [0.5, 0.6) is 5.75 Å². The Morgan fingerprint density at radius 2 is 1.71 bits per heavy atom. The van der Waals surface area contributed by atoms with Crippen LogP contribution in [0.1, 0.15) is 5.56 Å². The molecule has 0 saturated carbocycles. The summed E-state index contributed by atoms with van der Waals surface area (Å²) in [4.78, 5) is 23.2. The smallest absolute Gasteiger partial charge is 0.270 e. The molecule has 3 aromatic rings. The lowest BCUT2D eigenvalue weighted by Crippen LogP contribution is -2.18. The van der Waals surface area contributed by atoms with Gasteiger partial charge in [-0.25, -0.2) is 4.39 Å². The number of hydrogen-bond acceptors (Lipinski definition) is 3.